The number of rotatable bonds is 5. The van der Waals surface area contributed by atoms with Gasteiger partial charge in [-0.2, -0.15) is 4.31 Å². The number of hydrogen-bond acceptors (Lipinski definition) is 4. The summed E-state index contributed by atoms with van der Waals surface area (Å²) >= 11 is 7.41. The second-order valence-corrected chi connectivity index (χ2v) is 9.77. The maximum absolute atomic E-state index is 12.7. The van der Waals surface area contributed by atoms with Crippen molar-refractivity contribution in [2.75, 3.05) is 31.9 Å². The number of benzene rings is 2. The monoisotopic (exact) mass is 424 g/mol. The molecule has 8 heteroatoms. The van der Waals surface area contributed by atoms with Crippen molar-refractivity contribution in [3.05, 3.63) is 59.1 Å². The molecule has 0 aliphatic carbocycles. The van der Waals surface area contributed by atoms with E-state index in [0.29, 0.717) is 23.9 Å². The summed E-state index contributed by atoms with van der Waals surface area (Å²) in [6, 6.07) is 14.3. The molecule has 5 nitrogen and oxygen atoms in total. The Morgan fingerprint density at radius 2 is 1.74 bits per heavy atom. The lowest BCUT2D eigenvalue weighted by Crippen LogP contribution is -2.50. The highest BCUT2D eigenvalue weighted by atomic mass is 35.5. The normalized spacial score (nSPS) is 15.7. The molecule has 27 heavy (non-hydrogen) atoms. The van der Waals surface area contributed by atoms with Crippen molar-refractivity contribution in [2.24, 2.45) is 0 Å². The van der Waals surface area contributed by atoms with Gasteiger partial charge in [0.25, 0.3) is 0 Å². The number of amides is 1. The van der Waals surface area contributed by atoms with Crippen LogP contribution in [-0.2, 0) is 14.8 Å². The number of hydrogen-bond donors (Lipinski definition) is 0. The molecule has 0 unspecified atom stereocenters. The molecule has 0 N–H and O–H groups in total. The Labute approximate surface area is 169 Å². The van der Waals surface area contributed by atoms with Gasteiger partial charge in [-0.15, -0.1) is 11.8 Å². The van der Waals surface area contributed by atoms with Crippen LogP contribution in [0.4, 0.5) is 0 Å². The highest BCUT2D eigenvalue weighted by Crippen LogP contribution is 2.22. The summed E-state index contributed by atoms with van der Waals surface area (Å²) in [4.78, 5) is 15.4. The fourth-order valence-corrected chi connectivity index (χ4v) is 5.35. The average Bonchev–Trinajstić information content (AvgIpc) is 2.67. The number of piperazine rings is 1. The van der Waals surface area contributed by atoms with Gasteiger partial charge in [0.1, 0.15) is 0 Å². The van der Waals surface area contributed by atoms with Gasteiger partial charge in [-0.05, 0) is 37.3 Å². The third kappa shape index (κ3) is 5.04. The van der Waals surface area contributed by atoms with Crippen LogP contribution in [0.5, 0.6) is 0 Å². The predicted molar refractivity (Wildman–Crippen MR) is 109 cm³/mol. The van der Waals surface area contributed by atoms with Crippen molar-refractivity contribution < 1.29 is 13.2 Å². The molecule has 2 aromatic carbocycles. The molecule has 1 aliphatic rings. The number of carbonyl (C=O) groups is 1. The summed E-state index contributed by atoms with van der Waals surface area (Å²) in [7, 11) is -3.59. The number of halogens is 1. The molecular formula is C19H21ClN2O3S2. The van der Waals surface area contributed by atoms with Crippen molar-refractivity contribution in [1.82, 2.24) is 9.21 Å². The van der Waals surface area contributed by atoms with Gasteiger partial charge in [0, 0.05) is 36.1 Å². The molecule has 2 aromatic rings. The molecule has 0 radical (unpaired) electrons. The number of thioether (sulfide) groups is 1. The van der Waals surface area contributed by atoms with E-state index in [1.165, 1.54) is 33.8 Å². The van der Waals surface area contributed by atoms with E-state index in [2.05, 4.69) is 0 Å². The number of sulfonamides is 1. The van der Waals surface area contributed by atoms with Crippen molar-refractivity contribution >= 4 is 39.3 Å². The molecule has 0 spiro atoms. The maximum atomic E-state index is 12.7. The first-order valence-corrected chi connectivity index (χ1v) is 11.4. The van der Waals surface area contributed by atoms with E-state index in [9.17, 15) is 13.2 Å². The zero-order valence-corrected chi connectivity index (χ0v) is 17.4. The Morgan fingerprint density at radius 1 is 1.07 bits per heavy atom. The Morgan fingerprint density at radius 3 is 2.37 bits per heavy atom. The van der Waals surface area contributed by atoms with Crippen LogP contribution in [-0.4, -0.2) is 55.5 Å². The lowest BCUT2D eigenvalue weighted by molar-refractivity contribution is -0.129. The first kappa shape index (κ1) is 20.2. The highest BCUT2D eigenvalue weighted by Gasteiger charge is 2.30. The third-order valence-corrected chi connectivity index (χ3v) is 7.54. The summed E-state index contributed by atoms with van der Waals surface area (Å²) in [5.41, 5.74) is 1.18. The van der Waals surface area contributed by atoms with Crippen molar-refractivity contribution in [1.29, 1.82) is 0 Å². The zero-order chi connectivity index (χ0) is 19.4. The van der Waals surface area contributed by atoms with Crippen molar-refractivity contribution in [2.45, 2.75) is 16.7 Å². The van der Waals surface area contributed by atoms with Gasteiger partial charge in [-0.3, -0.25) is 4.79 Å². The summed E-state index contributed by atoms with van der Waals surface area (Å²) in [6.07, 6.45) is 0. The van der Waals surface area contributed by atoms with E-state index in [1.54, 1.807) is 17.0 Å². The lowest BCUT2D eigenvalue weighted by Gasteiger charge is -2.34. The van der Waals surface area contributed by atoms with Crippen molar-refractivity contribution in [3.63, 3.8) is 0 Å². The minimum atomic E-state index is -3.59. The predicted octanol–water partition coefficient (Wildman–Crippen LogP) is 3.27. The highest BCUT2D eigenvalue weighted by molar-refractivity contribution is 8.00. The Kier molecular flexibility index (Phi) is 6.47. The van der Waals surface area contributed by atoms with Crippen LogP contribution in [0.2, 0.25) is 5.02 Å². The quantitative estimate of drug-likeness (QED) is 0.691. The molecule has 1 aliphatic heterocycles. The van der Waals surface area contributed by atoms with E-state index in [4.69, 9.17) is 11.6 Å². The van der Waals surface area contributed by atoms with Crippen LogP contribution in [0.3, 0.4) is 0 Å². The fraction of sp³-hybridized carbons (Fsp3) is 0.316. The molecule has 3 rings (SSSR count). The van der Waals surface area contributed by atoms with Crippen LogP contribution >= 0.6 is 23.4 Å². The Bertz CT molecular complexity index is 909. The average molecular weight is 425 g/mol. The molecule has 0 atom stereocenters. The number of aryl methyl sites for hydroxylation is 1. The van der Waals surface area contributed by atoms with Gasteiger partial charge in [0.2, 0.25) is 15.9 Å². The SMILES string of the molecule is Cc1ccc(SCC(=O)N2CCN(S(=O)(=O)c3cccc(Cl)c3)CC2)cc1. The maximum Gasteiger partial charge on any atom is 0.243 e. The molecule has 1 fully saturated rings. The van der Waals surface area contributed by atoms with Gasteiger partial charge in [0.15, 0.2) is 0 Å². The van der Waals surface area contributed by atoms with Crippen LogP contribution in [0, 0.1) is 6.92 Å². The molecule has 1 saturated heterocycles. The van der Waals surface area contributed by atoms with E-state index in [-0.39, 0.29) is 23.9 Å². The van der Waals surface area contributed by atoms with E-state index >= 15 is 0 Å². The topological polar surface area (TPSA) is 57.7 Å². The summed E-state index contributed by atoms with van der Waals surface area (Å²) in [5, 5.41) is 0.387. The van der Waals surface area contributed by atoms with Gasteiger partial charge >= 0.3 is 0 Å². The molecule has 0 saturated carbocycles. The second kappa shape index (κ2) is 8.65. The van der Waals surface area contributed by atoms with Gasteiger partial charge < -0.3 is 4.90 Å². The molecule has 1 heterocycles. The Hall–Kier alpha value is -1.54. The van der Waals surface area contributed by atoms with Gasteiger partial charge in [-0.1, -0.05) is 35.4 Å². The van der Waals surface area contributed by atoms with E-state index in [1.807, 2.05) is 31.2 Å². The van der Waals surface area contributed by atoms with Gasteiger partial charge in [-0.25, -0.2) is 8.42 Å². The van der Waals surface area contributed by atoms with Crippen LogP contribution in [0.1, 0.15) is 5.56 Å². The number of carbonyl (C=O) groups excluding carboxylic acids is 1. The van der Waals surface area contributed by atoms with Crippen LogP contribution < -0.4 is 0 Å². The van der Waals surface area contributed by atoms with Crippen molar-refractivity contribution in [3.8, 4) is 0 Å². The summed E-state index contributed by atoms with van der Waals surface area (Å²) < 4.78 is 26.8. The minimum Gasteiger partial charge on any atom is -0.339 e. The minimum absolute atomic E-state index is 0.0281. The summed E-state index contributed by atoms with van der Waals surface area (Å²) in [6.45, 7) is 3.39. The lowest BCUT2D eigenvalue weighted by atomic mass is 10.2. The smallest absolute Gasteiger partial charge is 0.243 e. The van der Waals surface area contributed by atoms with E-state index < -0.39 is 10.0 Å². The first-order valence-electron chi connectivity index (χ1n) is 8.59. The Balaban J connectivity index is 1.55. The molecule has 0 bridgehead atoms. The summed E-state index contributed by atoms with van der Waals surface area (Å²) in [5.74, 6) is 0.379. The van der Waals surface area contributed by atoms with E-state index in [0.717, 1.165) is 4.90 Å². The largest absolute Gasteiger partial charge is 0.339 e. The van der Waals surface area contributed by atoms with Crippen LogP contribution in [0.25, 0.3) is 0 Å². The standard InChI is InChI=1S/C19H21ClN2O3S2/c1-15-5-7-17(8-6-15)26-14-19(23)21-9-11-22(12-10-21)27(24,25)18-4-2-3-16(20)13-18/h2-8,13H,9-12,14H2,1H3. The molecule has 1 amide bonds. The second-order valence-electron chi connectivity index (χ2n) is 6.34. The molecule has 0 aromatic heterocycles. The van der Waals surface area contributed by atoms with Crippen LogP contribution in [0.15, 0.2) is 58.3 Å². The molecule has 144 valence electrons. The van der Waals surface area contributed by atoms with Gasteiger partial charge in [0.05, 0.1) is 10.6 Å². The first-order chi connectivity index (χ1) is 12.9. The zero-order valence-electron chi connectivity index (χ0n) is 15.0. The fourth-order valence-electron chi connectivity index (χ4n) is 2.83. The molecular weight excluding hydrogens is 404 g/mol. The third-order valence-electron chi connectivity index (χ3n) is 4.41. The number of nitrogens with zero attached hydrogens (tertiary/aromatic N) is 2.